The third kappa shape index (κ3) is 57.3. The average Bonchev–Trinajstić information content (AvgIpc) is 0.842. The number of aryl methyl sites for hydroxylation is 10. The van der Waals surface area contributed by atoms with Crippen molar-refractivity contribution < 1.29 is 59.6 Å². The summed E-state index contributed by atoms with van der Waals surface area (Å²) in [7, 11) is 5.41. The molecule has 0 bridgehead atoms. The number of rotatable bonds is 60. The minimum absolute atomic E-state index is 0.169. The van der Waals surface area contributed by atoms with Gasteiger partial charge in [0, 0.05) is 47.1 Å². The van der Waals surface area contributed by atoms with Gasteiger partial charge in [0.1, 0.15) is 11.6 Å². The molecule has 9 aromatic rings. The molecular weight excluding hydrogens is 1730 g/mol. The van der Waals surface area contributed by atoms with Crippen molar-refractivity contribution in [2.24, 2.45) is 0 Å². The molecular formula is C127H192FNO11. The topological polar surface area (TPSA) is 208 Å². The third-order valence-corrected chi connectivity index (χ3v) is 26.2. The number of aliphatic hydroxyl groups excluding tert-OH is 5. The maximum Gasteiger partial charge on any atom is 0.222 e. The van der Waals surface area contributed by atoms with Crippen molar-refractivity contribution >= 4 is 11.7 Å². The molecule has 8 N–H and O–H groups in total. The molecule has 0 aliphatic rings. The van der Waals surface area contributed by atoms with Gasteiger partial charge in [-0.15, -0.1) is 0 Å². The highest BCUT2D eigenvalue weighted by atomic mass is 19.1. The van der Waals surface area contributed by atoms with Gasteiger partial charge in [-0.1, -0.05) is 372 Å². The number of carbonyl (C=O) groups is 2. The van der Waals surface area contributed by atoms with E-state index in [0.717, 1.165) is 212 Å². The number of ketones is 1. The van der Waals surface area contributed by atoms with E-state index in [-0.39, 0.29) is 29.7 Å². The van der Waals surface area contributed by atoms with Crippen molar-refractivity contribution in [2.75, 3.05) is 27.8 Å². The predicted molar refractivity (Wildman–Crippen MR) is 589 cm³/mol. The Hall–Kier alpha value is -8.31. The molecule has 12 nitrogen and oxygen atoms in total. The molecule has 0 saturated heterocycles. The van der Waals surface area contributed by atoms with Crippen molar-refractivity contribution in [2.45, 2.75) is 433 Å². The first-order valence-corrected chi connectivity index (χ1v) is 54.5. The molecule has 0 aliphatic carbocycles. The maximum absolute atomic E-state index is 14.0. The lowest BCUT2D eigenvalue weighted by molar-refractivity contribution is -0.128. The number of hydrogen-bond donors (Lipinski definition) is 8. The zero-order chi connectivity index (χ0) is 103. The molecule has 1 amide bonds. The molecule has 0 saturated carbocycles. The Morgan fingerprint density at radius 3 is 1.01 bits per heavy atom. The number of halogens is 1. The van der Waals surface area contributed by atoms with E-state index in [2.05, 4.69) is 184 Å². The number of methoxy groups -OCH3 is 1. The van der Waals surface area contributed by atoms with Crippen LogP contribution in [0.2, 0.25) is 0 Å². The Kier molecular flexibility index (Phi) is 68.6. The van der Waals surface area contributed by atoms with Crippen LogP contribution in [0, 0.1) is 5.82 Å². The largest absolute Gasteiger partial charge is 0.390 e. The summed E-state index contributed by atoms with van der Waals surface area (Å²) in [4.78, 5) is 24.1. The number of Topliss-reactive ketones (excluding diaryl/α,β-unsaturated/α-hetero) is 1. The summed E-state index contributed by atoms with van der Waals surface area (Å²) in [5, 5.41) is 82.6. The van der Waals surface area contributed by atoms with Crippen LogP contribution in [0.3, 0.4) is 0 Å². The molecule has 0 fully saturated rings. The second kappa shape index (κ2) is 76.3. The maximum atomic E-state index is 14.0. The Balaban J connectivity index is 0.000000421. The van der Waals surface area contributed by atoms with Gasteiger partial charge in [0.15, 0.2) is 0 Å². The molecule has 9 aromatic carbocycles. The van der Waals surface area contributed by atoms with Crippen LogP contribution in [0.5, 0.6) is 0 Å². The Morgan fingerprint density at radius 2 is 0.636 bits per heavy atom. The van der Waals surface area contributed by atoms with E-state index in [0.29, 0.717) is 56.9 Å². The third-order valence-electron chi connectivity index (χ3n) is 26.2. The number of ether oxygens (including phenoxy) is 1. The molecule has 4 unspecified atom stereocenters. The second-order valence-corrected chi connectivity index (χ2v) is 39.9. The minimum atomic E-state index is -0.700. The summed E-state index contributed by atoms with van der Waals surface area (Å²) in [5.41, 5.74) is 17.0. The minimum Gasteiger partial charge on any atom is -0.390 e. The van der Waals surface area contributed by atoms with Crippen molar-refractivity contribution in [3.8, 4) is 0 Å². The summed E-state index contributed by atoms with van der Waals surface area (Å²) in [6, 6.07) is 76.0. The molecule has 140 heavy (non-hydrogen) atoms. The lowest BCUT2D eigenvalue weighted by Crippen LogP contribution is -2.29. The Labute approximate surface area is 850 Å². The van der Waals surface area contributed by atoms with Crippen LogP contribution in [-0.4, -0.2) is 102 Å². The number of nitrogens with zero attached hydrogens (tertiary/aromatic N) is 1. The summed E-state index contributed by atoms with van der Waals surface area (Å²) in [6.45, 7) is 27.9. The standard InChI is InChI=1S/C21H34O3.C19H31FO2.C19H24O2.C19H24O.C17H27NO.C17H28O.C15H24O/c1-4-13-21(24,14-5-2)15-12-18-9-7-10-19(16-18)20(23)11-6-8-17(3)22;1-4-7-18(21)16-8-9-17(20)15(14-16)10-13-19(22,11-5-2)12-6-3;1-2-7-18(20)17-11-6-8-15(14-17)12-13-19(21)16-9-4-3-5-10-16;1-2-3-8-16-9-7-10-17(15-16)13-14-19(20)18-11-5-4-6-12-18;1-4-5-9-15-11-8-12-16(14-15)10-6-7-13-17(19)18(2)3;1-4-6-9-15-10-8-11-16(13-15)14-17(3,18)12-7-5-2;1-3-4-8-14-10-7-11-15(13-14)9-5-6-12-16-2/h7,9-10,16,20,23-24H,4-6,8,11-15H2,1-3H3;8-9,14,18,21-22H,4-7,10-13H2,1-3H3;3-6,8-11,14,18-21H,2,7,12-13H2,1H3;4-7,9-12,15,19-20H,2-3,8,13-14H2,1H3;8,11-12,14H,4-7,9-10,13H2,1-3H3;8,10-11,13,18H,4-7,9,12,14H2,1-3H3;7,10-11,13H,3-6,8-9,12H2,1-2H3/t20-;;;19-;;;/m1..1.../s1. The van der Waals surface area contributed by atoms with Crippen LogP contribution in [0.4, 0.5) is 4.39 Å². The predicted octanol–water partition coefficient (Wildman–Crippen LogP) is 30.9. The smallest absolute Gasteiger partial charge is 0.222 e. The summed E-state index contributed by atoms with van der Waals surface area (Å²) in [5.74, 6) is 0.154. The van der Waals surface area contributed by atoms with E-state index in [9.17, 15) is 54.8 Å². The van der Waals surface area contributed by atoms with E-state index in [1.54, 1.807) is 31.1 Å². The van der Waals surface area contributed by atoms with Gasteiger partial charge in [-0.05, 0) is 308 Å². The van der Waals surface area contributed by atoms with E-state index >= 15 is 0 Å². The average molecular weight is 1930 g/mol. The quantitative estimate of drug-likeness (QED) is 0.0168. The highest BCUT2D eigenvalue weighted by Gasteiger charge is 2.27. The first-order chi connectivity index (χ1) is 67.4. The van der Waals surface area contributed by atoms with E-state index in [1.807, 2.05) is 119 Å². The molecule has 0 aliphatic heterocycles. The molecule has 778 valence electrons. The fourth-order valence-electron chi connectivity index (χ4n) is 17.9. The zero-order valence-corrected chi connectivity index (χ0v) is 90.1. The number of benzene rings is 9. The van der Waals surface area contributed by atoms with Crippen molar-refractivity contribution in [3.05, 3.63) is 319 Å². The molecule has 0 heterocycles. The fourth-order valence-corrected chi connectivity index (χ4v) is 17.9. The summed E-state index contributed by atoms with van der Waals surface area (Å²) >= 11 is 0. The van der Waals surface area contributed by atoms with Gasteiger partial charge < -0.3 is 55.3 Å². The second-order valence-electron chi connectivity index (χ2n) is 39.9. The van der Waals surface area contributed by atoms with Crippen molar-refractivity contribution in [1.82, 2.24) is 4.90 Å². The SMILES string of the molecule is CCCC(O)(CCC)CCc1cccc([C@H](O)CCCC(C)=O)c1.CCCC(O)c1ccc(F)c(CCC(O)(CCC)CCC)c1.CCCC(O)c1cccc(CCC(O)c2ccccc2)c1.CCCCc1cccc(CC(C)(O)CCCC)c1.CCCCc1cccc(CCCCC(=O)N(C)C)c1.CCCCc1cccc(CCCCOC)c1.CCCCc1cccc(CC[C@@H](O)c2ccccc2)c1. The van der Waals surface area contributed by atoms with Crippen LogP contribution in [0.25, 0.3) is 0 Å². The van der Waals surface area contributed by atoms with Gasteiger partial charge in [0.05, 0.1) is 47.3 Å². The van der Waals surface area contributed by atoms with Crippen molar-refractivity contribution in [1.29, 1.82) is 0 Å². The van der Waals surface area contributed by atoms with Gasteiger partial charge in [0.2, 0.25) is 5.91 Å². The molecule has 0 radical (unpaired) electrons. The number of unbranched alkanes of at least 4 members (excludes halogenated alkanes) is 7. The van der Waals surface area contributed by atoms with Crippen LogP contribution in [-0.2, 0) is 85.0 Å². The first kappa shape index (κ1) is 126. The lowest BCUT2D eigenvalue weighted by atomic mass is 9.86. The number of hydrogen-bond acceptors (Lipinski definition) is 11. The lowest BCUT2D eigenvalue weighted by Gasteiger charge is -2.27. The summed E-state index contributed by atoms with van der Waals surface area (Å²) < 4.78 is 19.1. The van der Waals surface area contributed by atoms with Gasteiger partial charge in [-0.2, -0.15) is 0 Å². The van der Waals surface area contributed by atoms with Gasteiger partial charge in [-0.25, -0.2) is 4.39 Å². The highest BCUT2D eigenvalue weighted by Crippen LogP contribution is 2.32. The van der Waals surface area contributed by atoms with Gasteiger partial charge in [-0.3, -0.25) is 4.79 Å². The first-order valence-electron chi connectivity index (χ1n) is 54.5. The van der Waals surface area contributed by atoms with Crippen LogP contribution in [0.1, 0.15) is 434 Å². The zero-order valence-electron chi connectivity index (χ0n) is 90.1. The Morgan fingerprint density at radius 1 is 0.307 bits per heavy atom. The van der Waals surface area contributed by atoms with Crippen LogP contribution in [0.15, 0.2) is 224 Å². The normalized spacial score (nSPS) is 12.7. The Bertz CT molecular complexity index is 4590. The molecule has 0 aromatic heterocycles. The van der Waals surface area contributed by atoms with E-state index in [4.69, 9.17) is 4.74 Å². The van der Waals surface area contributed by atoms with Gasteiger partial charge in [0.25, 0.3) is 0 Å². The summed E-state index contributed by atoms with van der Waals surface area (Å²) in [6.07, 6.45) is 41.9. The molecule has 0 spiro atoms. The molecule has 6 atom stereocenters. The fraction of sp³-hybridized carbons (Fsp3) is 0.559. The van der Waals surface area contributed by atoms with E-state index < -0.39 is 35.1 Å². The van der Waals surface area contributed by atoms with Gasteiger partial charge >= 0.3 is 0 Å². The molecule has 13 heteroatoms. The van der Waals surface area contributed by atoms with Crippen LogP contribution >= 0.6 is 0 Å². The molecule has 9 rings (SSSR count). The van der Waals surface area contributed by atoms with E-state index in [1.165, 1.54) is 128 Å². The number of carbonyl (C=O) groups excluding carboxylic acids is 2. The number of aliphatic hydroxyl groups is 8. The van der Waals surface area contributed by atoms with Crippen LogP contribution < -0.4 is 0 Å². The monoisotopic (exact) mass is 1930 g/mol. The van der Waals surface area contributed by atoms with Crippen molar-refractivity contribution in [3.63, 3.8) is 0 Å². The highest BCUT2D eigenvalue weighted by molar-refractivity contribution is 5.75. The number of amides is 1.